The predicted octanol–water partition coefficient (Wildman–Crippen LogP) is 4.39. The molecule has 0 aromatic rings. The minimum Gasteiger partial charge on any atom is -0.390 e. The number of hydrazine groups is 1. The number of ketones is 1. The van der Waals surface area contributed by atoms with Crippen molar-refractivity contribution in [2.24, 2.45) is 57.3 Å². The van der Waals surface area contributed by atoms with Crippen LogP contribution in [0, 0.1) is 46.3 Å². The molecule has 37 heavy (non-hydrogen) atoms. The van der Waals surface area contributed by atoms with E-state index in [1.54, 1.807) is 6.21 Å². The first-order valence-corrected chi connectivity index (χ1v) is 15.0. The number of nitrogens with zero attached hydrogens (tertiary/aromatic N) is 3. The van der Waals surface area contributed by atoms with E-state index in [-0.39, 0.29) is 35.5 Å². The number of rotatable bonds is 6. The van der Waals surface area contributed by atoms with Crippen molar-refractivity contribution in [3.8, 4) is 0 Å². The topological polar surface area (TPSA) is 99.2 Å². The minimum atomic E-state index is -0.499. The van der Waals surface area contributed by atoms with Gasteiger partial charge in [0.15, 0.2) is 5.78 Å². The first kappa shape index (κ1) is 27.1. The summed E-state index contributed by atoms with van der Waals surface area (Å²) in [6.45, 7) is 10.5. The zero-order valence-corrected chi connectivity index (χ0v) is 23.6. The number of likely N-dealkylation sites (tertiary alicyclic amines) is 1. The Balaban J connectivity index is 1.20. The van der Waals surface area contributed by atoms with E-state index in [0.717, 1.165) is 70.4 Å². The lowest BCUT2D eigenvalue weighted by Gasteiger charge is -2.61. The maximum Gasteiger partial charge on any atom is 0.230 e. The number of aliphatic hydroxyl groups is 1. The summed E-state index contributed by atoms with van der Waals surface area (Å²) < 4.78 is 0. The fourth-order valence-corrected chi connectivity index (χ4v) is 9.75. The standard InChI is InChI=1S/C30H50N4O3/c1-20(27(36)33-15-5-6-16-33)18-32-34(31)19-26(35)25-10-9-23-22-8-7-21-17-28(2,37)13-14-29(21,3)24(22)11-12-30(23,25)4/h18,20-25,37H,5-17,19,31H2,1-4H3/b32-18-/t20?,21?,22?,23-,24-,25?,28+,29-,30-/m0/s1. The Bertz CT molecular complexity index is 915. The van der Waals surface area contributed by atoms with Gasteiger partial charge in [0.25, 0.3) is 0 Å². The van der Waals surface area contributed by atoms with E-state index < -0.39 is 5.60 Å². The van der Waals surface area contributed by atoms with Crippen LogP contribution in [-0.4, -0.2) is 58.3 Å². The van der Waals surface area contributed by atoms with Crippen LogP contribution in [0.25, 0.3) is 0 Å². The maximum absolute atomic E-state index is 13.5. The summed E-state index contributed by atoms with van der Waals surface area (Å²) in [5.41, 5.74) is -0.118. The van der Waals surface area contributed by atoms with Crippen LogP contribution in [-0.2, 0) is 9.59 Å². The molecular weight excluding hydrogens is 464 g/mol. The molecular formula is C30H50N4O3. The van der Waals surface area contributed by atoms with Crippen molar-refractivity contribution in [2.75, 3.05) is 19.6 Å². The van der Waals surface area contributed by atoms with Crippen LogP contribution in [0.15, 0.2) is 5.10 Å². The highest BCUT2D eigenvalue weighted by Gasteiger charge is 2.61. The Morgan fingerprint density at radius 3 is 2.46 bits per heavy atom. The number of fused-ring (bicyclic) bond motifs is 5. The molecule has 1 amide bonds. The number of nitrogens with two attached hydrogens (primary N) is 1. The highest BCUT2D eigenvalue weighted by Crippen LogP contribution is 2.68. The Morgan fingerprint density at radius 2 is 1.73 bits per heavy atom. The normalized spacial score (nSPS) is 44.3. The molecule has 4 unspecified atom stereocenters. The fraction of sp³-hybridized carbons (Fsp3) is 0.900. The summed E-state index contributed by atoms with van der Waals surface area (Å²) in [7, 11) is 0. The highest BCUT2D eigenvalue weighted by molar-refractivity contribution is 5.93. The second kappa shape index (κ2) is 9.93. The summed E-state index contributed by atoms with van der Waals surface area (Å²) in [6.07, 6.45) is 13.6. The lowest BCUT2D eigenvalue weighted by atomic mass is 9.44. The molecule has 0 bridgehead atoms. The summed E-state index contributed by atoms with van der Waals surface area (Å²) in [5.74, 6) is 8.81. The minimum absolute atomic E-state index is 0.0426. The molecule has 0 aromatic carbocycles. The number of carbonyl (C=O) groups excluding carboxylic acids is 2. The van der Waals surface area contributed by atoms with Gasteiger partial charge in [0.1, 0.15) is 6.54 Å². The number of hydrogen-bond acceptors (Lipinski definition) is 6. The van der Waals surface area contributed by atoms with Crippen molar-refractivity contribution in [3.05, 3.63) is 0 Å². The van der Waals surface area contributed by atoms with Gasteiger partial charge in [0.05, 0.1) is 11.5 Å². The molecule has 0 aromatic heterocycles. The van der Waals surface area contributed by atoms with Crippen molar-refractivity contribution < 1.29 is 14.7 Å². The molecule has 4 saturated carbocycles. The third-order valence-corrected chi connectivity index (χ3v) is 11.9. The average Bonchev–Trinajstić information content (AvgIpc) is 3.50. The van der Waals surface area contributed by atoms with Gasteiger partial charge >= 0.3 is 0 Å². The Hall–Kier alpha value is -1.47. The van der Waals surface area contributed by atoms with Gasteiger partial charge in [-0.25, -0.2) is 11.0 Å². The molecule has 3 N–H and O–H groups in total. The quantitative estimate of drug-likeness (QED) is 0.311. The molecule has 7 nitrogen and oxygen atoms in total. The monoisotopic (exact) mass is 514 g/mol. The second-order valence-electron chi connectivity index (χ2n) is 14.2. The SMILES string of the molecule is CC(/C=N\N(N)CC(=O)C1CC[C@H]2C3CCC4C[C@](C)(O)CC[C@]4(C)[C@H]3CC[C@]12C)C(=O)N1CCCC1. The summed E-state index contributed by atoms with van der Waals surface area (Å²) in [4.78, 5) is 28.0. The first-order chi connectivity index (χ1) is 17.4. The molecule has 5 rings (SSSR count). The van der Waals surface area contributed by atoms with Crippen LogP contribution < -0.4 is 5.84 Å². The Kier molecular flexibility index (Phi) is 7.27. The number of hydrazone groups is 1. The average molecular weight is 515 g/mol. The molecule has 5 aliphatic rings. The number of carbonyl (C=O) groups is 2. The largest absolute Gasteiger partial charge is 0.390 e. The van der Waals surface area contributed by atoms with Gasteiger partial charge in [0.2, 0.25) is 5.91 Å². The molecule has 9 atom stereocenters. The molecule has 208 valence electrons. The van der Waals surface area contributed by atoms with Crippen molar-refractivity contribution in [3.63, 3.8) is 0 Å². The van der Waals surface area contributed by atoms with E-state index in [0.29, 0.717) is 23.2 Å². The van der Waals surface area contributed by atoms with Crippen molar-refractivity contribution in [1.29, 1.82) is 0 Å². The van der Waals surface area contributed by atoms with Gasteiger partial charge < -0.3 is 10.0 Å². The highest BCUT2D eigenvalue weighted by atomic mass is 16.3. The van der Waals surface area contributed by atoms with Gasteiger partial charge in [-0.05, 0) is 119 Å². The zero-order chi connectivity index (χ0) is 26.6. The van der Waals surface area contributed by atoms with Gasteiger partial charge in [-0.3, -0.25) is 9.59 Å². The summed E-state index contributed by atoms with van der Waals surface area (Å²) in [5, 5.41) is 16.3. The van der Waals surface area contributed by atoms with E-state index in [1.165, 1.54) is 24.4 Å². The number of Topliss-reactive ketones (excluding diaryl/α,β-unsaturated/α-hetero) is 1. The Morgan fingerprint density at radius 1 is 1.03 bits per heavy atom. The van der Waals surface area contributed by atoms with Gasteiger partial charge in [-0.15, -0.1) is 0 Å². The van der Waals surface area contributed by atoms with E-state index in [4.69, 9.17) is 5.84 Å². The predicted molar refractivity (Wildman–Crippen MR) is 145 cm³/mol. The van der Waals surface area contributed by atoms with Crippen LogP contribution in [0.1, 0.15) is 98.3 Å². The van der Waals surface area contributed by atoms with E-state index in [1.807, 2.05) is 18.7 Å². The molecule has 1 saturated heterocycles. The maximum atomic E-state index is 13.5. The zero-order valence-electron chi connectivity index (χ0n) is 23.6. The van der Waals surface area contributed by atoms with E-state index >= 15 is 0 Å². The molecule has 0 radical (unpaired) electrons. The molecule has 1 heterocycles. The second-order valence-corrected chi connectivity index (χ2v) is 14.2. The van der Waals surface area contributed by atoms with Crippen molar-refractivity contribution in [1.82, 2.24) is 10.0 Å². The van der Waals surface area contributed by atoms with Crippen molar-refractivity contribution in [2.45, 2.75) is 104 Å². The van der Waals surface area contributed by atoms with Gasteiger partial charge in [0, 0.05) is 25.2 Å². The summed E-state index contributed by atoms with van der Waals surface area (Å²) in [6, 6.07) is 0. The van der Waals surface area contributed by atoms with E-state index in [9.17, 15) is 14.7 Å². The fourth-order valence-electron chi connectivity index (χ4n) is 9.75. The van der Waals surface area contributed by atoms with Gasteiger partial charge in [-0.2, -0.15) is 5.10 Å². The van der Waals surface area contributed by atoms with Crippen LogP contribution in [0.5, 0.6) is 0 Å². The smallest absolute Gasteiger partial charge is 0.230 e. The Labute approximate surface area is 223 Å². The number of hydrogen-bond donors (Lipinski definition) is 2. The number of amides is 1. The molecule has 1 aliphatic heterocycles. The van der Waals surface area contributed by atoms with Crippen LogP contribution in [0.3, 0.4) is 0 Å². The van der Waals surface area contributed by atoms with Crippen LogP contribution >= 0.6 is 0 Å². The molecule has 4 aliphatic carbocycles. The van der Waals surface area contributed by atoms with Gasteiger partial charge in [-0.1, -0.05) is 13.8 Å². The lowest BCUT2D eigenvalue weighted by molar-refractivity contribution is -0.151. The van der Waals surface area contributed by atoms with E-state index in [2.05, 4.69) is 18.9 Å². The molecule has 7 heteroatoms. The third kappa shape index (κ3) is 4.88. The van der Waals surface area contributed by atoms with Crippen molar-refractivity contribution >= 4 is 17.9 Å². The molecule has 5 fully saturated rings. The van der Waals surface area contributed by atoms with Crippen LogP contribution in [0.2, 0.25) is 0 Å². The third-order valence-electron chi connectivity index (χ3n) is 11.9. The van der Waals surface area contributed by atoms with Crippen LogP contribution in [0.4, 0.5) is 0 Å². The lowest BCUT2D eigenvalue weighted by Crippen LogP contribution is -2.56. The first-order valence-electron chi connectivity index (χ1n) is 15.0. The molecule has 0 spiro atoms. The summed E-state index contributed by atoms with van der Waals surface area (Å²) >= 11 is 0.